The van der Waals surface area contributed by atoms with Gasteiger partial charge in [0.05, 0.1) is 5.52 Å². The molecule has 1 aliphatic rings. The van der Waals surface area contributed by atoms with Gasteiger partial charge in [0.15, 0.2) is 5.84 Å². The van der Waals surface area contributed by atoms with E-state index in [2.05, 4.69) is 23.9 Å². The number of nitrogens with two attached hydrogens (primary N) is 1. The first kappa shape index (κ1) is 13.7. The molecule has 0 aliphatic carbocycles. The van der Waals surface area contributed by atoms with E-state index in [1.165, 1.54) is 0 Å². The number of hydrogen-bond donors (Lipinski definition) is 2. The Balaban J connectivity index is 2.13. The van der Waals surface area contributed by atoms with Crippen molar-refractivity contribution in [1.82, 2.24) is 4.98 Å². The topological polar surface area (TPSA) is 74.7 Å². The highest BCUT2D eigenvalue weighted by molar-refractivity contribution is 6.08. The summed E-state index contributed by atoms with van der Waals surface area (Å²) >= 11 is 0. The molecule has 2 aromatic rings. The van der Waals surface area contributed by atoms with Gasteiger partial charge in [-0.2, -0.15) is 0 Å². The molecule has 0 bridgehead atoms. The van der Waals surface area contributed by atoms with Gasteiger partial charge in [0.2, 0.25) is 0 Å². The van der Waals surface area contributed by atoms with E-state index in [1.807, 2.05) is 30.3 Å². The van der Waals surface area contributed by atoms with E-state index in [0.29, 0.717) is 5.41 Å². The van der Waals surface area contributed by atoms with Crippen LogP contribution in [0.2, 0.25) is 0 Å². The van der Waals surface area contributed by atoms with Crippen LogP contribution in [0.4, 0.5) is 5.82 Å². The molecule has 5 heteroatoms. The molecule has 1 aliphatic heterocycles. The molecule has 3 N–H and O–H groups in total. The van der Waals surface area contributed by atoms with Gasteiger partial charge in [-0.15, -0.1) is 0 Å². The van der Waals surface area contributed by atoms with Crippen molar-refractivity contribution < 1.29 is 5.21 Å². The third kappa shape index (κ3) is 2.51. The minimum absolute atomic E-state index is 0.119. The number of aromatic nitrogens is 1. The Hall–Kier alpha value is -2.30. The molecule has 5 nitrogen and oxygen atoms in total. The fourth-order valence-corrected chi connectivity index (χ4v) is 2.90. The number of hydrogen-bond acceptors (Lipinski definition) is 4. The van der Waals surface area contributed by atoms with Gasteiger partial charge in [-0.05, 0) is 24.0 Å². The molecule has 0 atom stereocenters. The Morgan fingerprint density at radius 1 is 1.38 bits per heavy atom. The van der Waals surface area contributed by atoms with Crippen LogP contribution in [0.5, 0.6) is 0 Å². The van der Waals surface area contributed by atoms with Crippen molar-refractivity contribution in [3.63, 3.8) is 0 Å². The van der Waals surface area contributed by atoms with Gasteiger partial charge in [0, 0.05) is 24.0 Å². The van der Waals surface area contributed by atoms with Gasteiger partial charge < -0.3 is 15.8 Å². The van der Waals surface area contributed by atoms with Crippen LogP contribution in [0.25, 0.3) is 10.9 Å². The number of benzene rings is 1. The molecule has 1 saturated heterocycles. The van der Waals surface area contributed by atoms with Crippen molar-refractivity contribution in [2.24, 2.45) is 16.3 Å². The largest absolute Gasteiger partial charge is 0.409 e. The SMILES string of the molecule is CC1(C)CCN(c2cc(/C(N)=N/O)c3ccccc3n2)C1. The monoisotopic (exact) mass is 284 g/mol. The number of fused-ring (bicyclic) bond motifs is 1. The van der Waals surface area contributed by atoms with E-state index < -0.39 is 0 Å². The van der Waals surface area contributed by atoms with Crippen LogP contribution in [0.15, 0.2) is 35.5 Å². The molecule has 0 saturated carbocycles. The Kier molecular flexibility index (Phi) is 3.20. The fourth-order valence-electron chi connectivity index (χ4n) is 2.90. The molecule has 3 rings (SSSR count). The van der Waals surface area contributed by atoms with Crippen molar-refractivity contribution >= 4 is 22.6 Å². The molecular formula is C16H20N4O. The van der Waals surface area contributed by atoms with E-state index in [-0.39, 0.29) is 5.84 Å². The molecule has 21 heavy (non-hydrogen) atoms. The summed E-state index contributed by atoms with van der Waals surface area (Å²) in [5.74, 6) is 1.01. The van der Waals surface area contributed by atoms with Gasteiger partial charge >= 0.3 is 0 Å². The van der Waals surface area contributed by atoms with Crippen molar-refractivity contribution in [3.8, 4) is 0 Å². The molecule has 0 amide bonds. The van der Waals surface area contributed by atoms with Gasteiger partial charge in [-0.3, -0.25) is 0 Å². The summed E-state index contributed by atoms with van der Waals surface area (Å²) in [7, 11) is 0. The number of rotatable bonds is 2. The van der Waals surface area contributed by atoms with E-state index in [9.17, 15) is 0 Å². The summed E-state index contributed by atoms with van der Waals surface area (Å²) in [4.78, 5) is 7.00. The fraction of sp³-hybridized carbons (Fsp3) is 0.375. The van der Waals surface area contributed by atoms with Crippen LogP contribution in [0.1, 0.15) is 25.8 Å². The van der Waals surface area contributed by atoms with Crippen molar-refractivity contribution in [2.75, 3.05) is 18.0 Å². The zero-order chi connectivity index (χ0) is 15.0. The highest BCUT2D eigenvalue weighted by atomic mass is 16.4. The third-order valence-electron chi connectivity index (χ3n) is 4.09. The number of oxime groups is 1. The Morgan fingerprint density at radius 2 is 2.14 bits per heavy atom. The smallest absolute Gasteiger partial charge is 0.170 e. The van der Waals surface area contributed by atoms with E-state index in [1.54, 1.807) is 0 Å². The highest BCUT2D eigenvalue weighted by Crippen LogP contribution is 2.33. The predicted octanol–water partition coefficient (Wildman–Crippen LogP) is 2.57. The molecule has 1 fully saturated rings. The first-order valence-electron chi connectivity index (χ1n) is 7.13. The maximum absolute atomic E-state index is 9.02. The summed E-state index contributed by atoms with van der Waals surface area (Å²) in [5, 5.41) is 13.1. The maximum atomic E-state index is 9.02. The minimum atomic E-state index is 0.119. The maximum Gasteiger partial charge on any atom is 0.170 e. The van der Waals surface area contributed by atoms with Crippen molar-refractivity contribution in [2.45, 2.75) is 20.3 Å². The lowest BCUT2D eigenvalue weighted by Crippen LogP contribution is -2.24. The number of para-hydroxylation sites is 1. The first-order valence-corrected chi connectivity index (χ1v) is 7.13. The Morgan fingerprint density at radius 3 is 2.81 bits per heavy atom. The second kappa shape index (κ2) is 4.91. The standard InChI is InChI=1S/C16H20N4O/c1-16(2)7-8-20(10-16)14-9-12(15(17)19-21)11-5-3-4-6-13(11)18-14/h3-6,9,21H,7-8,10H2,1-2H3,(H2,17,19). The lowest BCUT2D eigenvalue weighted by Gasteiger charge is -2.21. The van der Waals surface area contributed by atoms with Crippen molar-refractivity contribution in [3.05, 3.63) is 35.9 Å². The Bertz CT molecular complexity index is 708. The molecule has 0 unspecified atom stereocenters. The number of nitrogens with zero attached hydrogens (tertiary/aromatic N) is 3. The molecule has 1 aromatic carbocycles. The average molecular weight is 284 g/mol. The number of pyridine rings is 1. The summed E-state index contributed by atoms with van der Waals surface area (Å²) in [5.41, 5.74) is 7.72. The van der Waals surface area contributed by atoms with Crippen LogP contribution in [0, 0.1) is 5.41 Å². The van der Waals surface area contributed by atoms with Crippen LogP contribution in [0.3, 0.4) is 0 Å². The highest BCUT2D eigenvalue weighted by Gasteiger charge is 2.30. The molecule has 0 radical (unpaired) electrons. The van der Waals surface area contributed by atoms with Crippen LogP contribution in [-0.4, -0.2) is 29.1 Å². The summed E-state index contributed by atoms with van der Waals surface area (Å²) < 4.78 is 0. The summed E-state index contributed by atoms with van der Waals surface area (Å²) in [6.07, 6.45) is 1.14. The lowest BCUT2D eigenvalue weighted by atomic mass is 9.93. The summed E-state index contributed by atoms with van der Waals surface area (Å²) in [6.45, 7) is 6.47. The zero-order valence-corrected chi connectivity index (χ0v) is 12.4. The summed E-state index contributed by atoms with van der Waals surface area (Å²) in [6, 6.07) is 9.68. The quantitative estimate of drug-likeness (QED) is 0.385. The van der Waals surface area contributed by atoms with Crippen LogP contribution >= 0.6 is 0 Å². The molecule has 1 aromatic heterocycles. The second-order valence-corrected chi connectivity index (χ2v) is 6.37. The second-order valence-electron chi connectivity index (χ2n) is 6.37. The third-order valence-corrected chi connectivity index (χ3v) is 4.09. The number of amidine groups is 1. The van der Waals surface area contributed by atoms with E-state index in [4.69, 9.17) is 15.9 Å². The van der Waals surface area contributed by atoms with E-state index in [0.717, 1.165) is 41.8 Å². The first-order chi connectivity index (χ1) is 10.00. The normalized spacial score (nSPS) is 18.4. The van der Waals surface area contributed by atoms with Crippen LogP contribution < -0.4 is 10.6 Å². The minimum Gasteiger partial charge on any atom is -0.409 e. The van der Waals surface area contributed by atoms with Crippen molar-refractivity contribution in [1.29, 1.82) is 0 Å². The zero-order valence-electron chi connectivity index (χ0n) is 12.4. The van der Waals surface area contributed by atoms with Gasteiger partial charge in [0.25, 0.3) is 0 Å². The van der Waals surface area contributed by atoms with Gasteiger partial charge in [-0.1, -0.05) is 37.2 Å². The molecular weight excluding hydrogens is 264 g/mol. The Labute approximate surface area is 124 Å². The average Bonchev–Trinajstić information content (AvgIpc) is 2.85. The predicted molar refractivity (Wildman–Crippen MR) is 84.9 cm³/mol. The molecule has 0 spiro atoms. The molecule has 110 valence electrons. The molecule has 2 heterocycles. The lowest BCUT2D eigenvalue weighted by molar-refractivity contribution is 0.318. The van der Waals surface area contributed by atoms with Gasteiger partial charge in [-0.25, -0.2) is 4.98 Å². The van der Waals surface area contributed by atoms with E-state index >= 15 is 0 Å². The van der Waals surface area contributed by atoms with Crippen LogP contribution in [-0.2, 0) is 0 Å². The number of anilines is 1. The van der Waals surface area contributed by atoms with Gasteiger partial charge in [0.1, 0.15) is 5.82 Å².